The fourth-order valence-corrected chi connectivity index (χ4v) is 2.59. The van der Waals surface area contributed by atoms with E-state index in [-0.39, 0.29) is 44.2 Å². The Labute approximate surface area is 135 Å². The number of aliphatic hydroxyl groups excluding tert-OH is 1. The van der Waals surface area contributed by atoms with Crippen molar-refractivity contribution in [1.29, 1.82) is 0 Å². The van der Waals surface area contributed by atoms with Crippen LogP contribution in [0.2, 0.25) is 0 Å². The molecular formula is C14H17F4N3O3. The third kappa shape index (κ3) is 4.12. The summed E-state index contributed by atoms with van der Waals surface area (Å²) in [6, 6.07) is 4.18. The lowest BCUT2D eigenvalue weighted by atomic mass is 10.1. The van der Waals surface area contributed by atoms with E-state index in [4.69, 9.17) is 5.11 Å². The van der Waals surface area contributed by atoms with Crippen molar-refractivity contribution in [2.75, 3.05) is 37.6 Å². The zero-order chi connectivity index (χ0) is 17.9. The Morgan fingerprint density at radius 3 is 2.38 bits per heavy atom. The summed E-state index contributed by atoms with van der Waals surface area (Å²) >= 11 is 0. The third-order valence-corrected chi connectivity index (χ3v) is 3.89. The van der Waals surface area contributed by atoms with E-state index >= 15 is 0 Å². The van der Waals surface area contributed by atoms with E-state index in [1.54, 1.807) is 4.90 Å². The highest BCUT2D eigenvalue weighted by atomic mass is 19.3. The predicted octanol–water partition coefficient (Wildman–Crippen LogP) is 2.11. The minimum absolute atomic E-state index is 0.0861. The number of benzene rings is 1. The monoisotopic (exact) mass is 351 g/mol. The number of anilines is 1. The molecule has 0 bridgehead atoms. The lowest BCUT2D eigenvalue weighted by Crippen LogP contribution is -2.51. The minimum Gasteiger partial charge on any atom is -0.392 e. The number of aliphatic hydroxyl groups is 1. The van der Waals surface area contributed by atoms with Gasteiger partial charge in [-0.05, 0) is 17.7 Å². The topological polar surface area (TPSA) is 69.8 Å². The average molecular weight is 351 g/mol. The van der Waals surface area contributed by atoms with Crippen molar-refractivity contribution in [2.45, 2.75) is 19.0 Å². The zero-order valence-electron chi connectivity index (χ0n) is 12.7. The first-order valence-electron chi connectivity index (χ1n) is 7.26. The lowest BCUT2D eigenvalue weighted by Gasteiger charge is -2.37. The van der Waals surface area contributed by atoms with Crippen LogP contribution in [-0.2, 0) is 6.61 Å². The average Bonchev–Trinajstić information content (AvgIpc) is 2.54. The van der Waals surface area contributed by atoms with Crippen molar-refractivity contribution in [3.63, 3.8) is 0 Å². The highest BCUT2D eigenvalue weighted by molar-refractivity contribution is 5.64. The van der Waals surface area contributed by atoms with Gasteiger partial charge < -0.3 is 10.0 Å². The molecule has 0 aliphatic carbocycles. The molecule has 6 nitrogen and oxygen atoms in total. The molecule has 1 aromatic carbocycles. The van der Waals surface area contributed by atoms with Gasteiger partial charge in [-0.1, -0.05) is 0 Å². The van der Waals surface area contributed by atoms with Crippen LogP contribution < -0.4 is 4.90 Å². The normalized spacial score (nSPS) is 16.7. The van der Waals surface area contributed by atoms with Gasteiger partial charge in [0.05, 0.1) is 18.1 Å². The molecule has 0 unspecified atom stereocenters. The van der Waals surface area contributed by atoms with E-state index in [2.05, 4.69) is 0 Å². The second-order valence-corrected chi connectivity index (χ2v) is 5.56. The van der Waals surface area contributed by atoms with Crippen LogP contribution in [0.15, 0.2) is 18.2 Å². The van der Waals surface area contributed by atoms with Crippen LogP contribution in [0.3, 0.4) is 0 Å². The first-order chi connectivity index (χ1) is 11.2. The van der Waals surface area contributed by atoms with Gasteiger partial charge in [0.25, 0.3) is 5.69 Å². The summed E-state index contributed by atoms with van der Waals surface area (Å²) in [5, 5.41) is 20.3. The summed E-state index contributed by atoms with van der Waals surface area (Å²) in [5.74, 6) is -4.08. The number of nitro benzene ring substituents is 1. The molecule has 0 saturated carbocycles. The molecule has 0 atom stereocenters. The van der Waals surface area contributed by atoms with Crippen molar-refractivity contribution in [3.05, 3.63) is 33.9 Å². The Balaban J connectivity index is 2.08. The largest absolute Gasteiger partial charge is 0.392 e. The summed E-state index contributed by atoms with van der Waals surface area (Å²) in [5.41, 5.74) is 0.618. The van der Waals surface area contributed by atoms with Gasteiger partial charge in [-0.15, -0.1) is 0 Å². The molecule has 1 fully saturated rings. The second kappa shape index (κ2) is 7.31. The van der Waals surface area contributed by atoms with Gasteiger partial charge in [-0.2, -0.15) is 8.78 Å². The van der Waals surface area contributed by atoms with Crippen LogP contribution in [0.5, 0.6) is 0 Å². The molecule has 0 radical (unpaired) electrons. The van der Waals surface area contributed by atoms with E-state index < -0.39 is 23.8 Å². The van der Waals surface area contributed by atoms with Crippen LogP contribution in [0.4, 0.5) is 28.9 Å². The summed E-state index contributed by atoms with van der Waals surface area (Å²) in [4.78, 5) is 13.4. The van der Waals surface area contributed by atoms with Gasteiger partial charge in [0.1, 0.15) is 5.69 Å². The fraction of sp³-hybridized carbons (Fsp3) is 0.571. The van der Waals surface area contributed by atoms with Crippen molar-refractivity contribution in [1.82, 2.24) is 4.90 Å². The third-order valence-electron chi connectivity index (χ3n) is 3.89. The number of halogens is 4. The molecule has 1 aromatic rings. The van der Waals surface area contributed by atoms with E-state index in [0.29, 0.717) is 5.56 Å². The summed E-state index contributed by atoms with van der Waals surface area (Å²) in [6.07, 6.45) is -3.72. The molecule has 0 spiro atoms. The van der Waals surface area contributed by atoms with Gasteiger partial charge in [0, 0.05) is 32.2 Å². The first kappa shape index (κ1) is 18.4. The van der Waals surface area contributed by atoms with Gasteiger partial charge in [0.15, 0.2) is 0 Å². The smallest absolute Gasteiger partial charge is 0.319 e. The van der Waals surface area contributed by atoms with Crippen LogP contribution in [-0.4, -0.2) is 60.0 Å². The quantitative estimate of drug-likeness (QED) is 0.483. The zero-order valence-corrected chi connectivity index (χ0v) is 12.7. The number of nitrogens with zero attached hydrogens (tertiary/aromatic N) is 3. The Hall–Kier alpha value is -1.94. The van der Waals surface area contributed by atoms with Crippen molar-refractivity contribution < 1.29 is 27.6 Å². The highest BCUT2D eigenvalue weighted by Crippen LogP contribution is 2.31. The number of hydrogen-bond donors (Lipinski definition) is 1. The molecule has 134 valence electrons. The lowest BCUT2D eigenvalue weighted by molar-refractivity contribution is -0.384. The number of alkyl halides is 4. The van der Waals surface area contributed by atoms with Crippen molar-refractivity contribution in [2.24, 2.45) is 0 Å². The first-order valence-corrected chi connectivity index (χ1v) is 7.26. The summed E-state index contributed by atoms with van der Waals surface area (Å²) in [6.45, 7) is -0.779. The predicted molar refractivity (Wildman–Crippen MR) is 78.6 cm³/mol. The molecule has 1 aliphatic heterocycles. The standard InChI is InChI=1S/C14H17F4N3O3/c15-13(16)14(17,18)9-19-3-5-20(6-4-19)12-7-10(8-22)1-2-11(12)21(23)24/h1-2,7,13,22H,3-6,8-9H2. The van der Waals surface area contributed by atoms with Gasteiger partial charge in [-0.25, -0.2) is 8.78 Å². The molecule has 24 heavy (non-hydrogen) atoms. The Bertz CT molecular complexity index is 593. The van der Waals surface area contributed by atoms with E-state index in [0.717, 1.165) is 0 Å². The Kier molecular flexibility index (Phi) is 5.60. The van der Waals surface area contributed by atoms with Gasteiger partial charge >= 0.3 is 12.3 Å². The van der Waals surface area contributed by atoms with E-state index in [9.17, 15) is 27.7 Å². The second-order valence-electron chi connectivity index (χ2n) is 5.56. The molecular weight excluding hydrogens is 334 g/mol. The molecule has 1 heterocycles. The number of piperazine rings is 1. The van der Waals surface area contributed by atoms with Crippen LogP contribution in [0.25, 0.3) is 0 Å². The molecule has 0 amide bonds. The number of nitro groups is 1. The minimum atomic E-state index is -4.08. The van der Waals surface area contributed by atoms with E-state index in [1.807, 2.05) is 0 Å². The van der Waals surface area contributed by atoms with Crippen LogP contribution >= 0.6 is 0 Å². The van der Waals surface area contributed by atoms with E-state index in [1.165, 1.54) is 23.1 Å². The molecule has 10 heteroatoms. The van der Waals surface area contributed by atoms with Crippen molar-refractivity contribution in [3.8, 4) is 0 Å². The Morgan fingerprint density at radius 1 is 1.25 bits per heavy atom. The molecule has 2 rings (SSSR count). The van der Waals surface area contributed by atoms with Crippen LogP contribution in [0, 0.1) is 10.1 Å². The summed E-state index contributed by atoms with van der Waals surface area (Å²) < 4.78 is 50.7. The Morgan fingerprint density at radius 2 is 1.88 bits per heavy atom. The number of hydrogen-bond acceptors (Lipinski definition) is 5. The molecule has 1 N–H and O–H groups in total. The van der Waals surface area contributed by atoms with Gasteiger partial charge in [-0.3, -0.25) is 15.0 Å². The maximum absolute atomic E-state index is 13.1. The molecule has 1 saturated heterocycles. The number of rotatable bonds is 6. The highest BCUT2D eigenvalue weighted by Gasteiger charge is 2.42. The molecule has 1 aliphatic rings. The SMILES string of the molecule is O=[N+]([O-])c1ccc(CO)cc1N1CCN(CC(F)(F)C(F)F)CC1. The maximum atomic E-state index is 13.1. The fourth-order valence-electron chi connectivity index (χ4n) is 2.59. The summed E-state index contributed by atoms with van der Waals surface area (Å²) in [7, 11) is 0. The molecule has 0 aromatic heterocycles. The van der Waals surface area contributed by atoms with Gasteiger partial charge in [0.2, 0.25) is 0 Å². The van der Waals surface area contributed by atoms with Crippen molar-refractivity contribution >= 4 is 11.4 Å². The van der Waals surface area contributed by atoms with Crippen LogP contribution in [0.1, 0.15) is 5.56 Å². The maximum Gasteiger partial charge on any atom is 0.319 e.